The molecule has 0 fully saturated rings. The van der Waals surface area contributed by atoms with Gasteiger partial charge in [-0.3, -0.25) is 4.79 Å². The molecule has 0 aliphatic carbocycles. The Morgan fingerprint density at radius 3 is 2.27 bits per heavy atom. The number of ether oxygens (including phenoxy) is 2. The van der Waals surface area contributed by atoms with Crippen molar-refractivity contribution in [2.45, 2.75) is 45.3 Å². The van der Waals surface area contributed by atoms with Crippen LogP contribution in [0, 0.1) is 5.82 Å². The Balaban J connectivity index is 2.04. The number of amides is 1. The summed E-state index contributed by atoms with van der Waals surface area (Å²) >= 11 is 0. The van der Waals surface area contributed by atoms with Crippen LogP contribution >= 0.6 is 0 Å². The van der Waals surface area contributed by atoms with Crippen molar-refractivity contribution in [3.05, 3.63) is 71.0 Å². The quantitative estimate of drug-likeness (QED) is 0.702. The highest BCUT2D eigenvalue weighted by Gasteiger charge is 2.23. The Kier molecular flexibility index (Phi) is 7.69. The molecule has 0 aromatic heterocycles. The van der Waals surface area contributed by atoms with Crippen LogP contribution in [0.1, 0.15) is 42.3 Å². The van der Waals surface area contributed by atoms with Gasteiger partial charge in [0, 0.05) is 6.42 Å². The summed E-state index contributed by atoms with van der Waals surface area (Å²) in [5.74, 6) is -1.91. The predicted octanol–water partition coefficient (Wildman–Crippen LogP) is 3.22. The highest BCUT2D eigenvalue weighted by Crippen LogP contribution is 2.14. The minimum Gasteiger partial charge on any atom is -0.467 e. The van der Waals surface area contributed by atoms with E-state index in [1.54, 1.807) is 51.1 Å². The van der Waals surface area contributed by atoms with Crippen molar-refractivity contribution in [3.8, 4) is 0 Å². The fourth-order valence-corrected chi connectivity index (χ4v) is 2.76. The molecule has 0 aliphatic rings. The fourth-order valence-electron chi connectivity index (χ4n) is 2.76. The molecule has 0 unspecified atom stereocenters. The molecule has 2 rings (SSSR count). The van der Waals surface area contributed by atoms with E-state index in [9.17, 15) is 18.8 Å². The van der Waals surface area contributed by atoms with Crippen molar-refractivity contribution in [1.29, 1.82) is 0 Å². The molecular formula is C23H26FNO5. The maximum Gasteiger partial charge on any atom is 0.338 e. The molecule has 1 N–H and O–H groups in total. The lowest BCUT2D eigenvalue weighted by atomic mass is 10.0. The molecule has 7 heteroatoms. The molecule has 6 nitrogen and oxygen atoms in total. The van der Waals surface area contributed by atoms with Gasteiger partial charge in [-0.05, 0) is 56.2 Å². The van der Waals surface area contributed by atoms with Gasteiger partial charge in [0.15, 0.2) is 0 Å². The standard InChI is InChI=1S/C23H26FNO5/c1-23(2,3)30-21(27)17-10-8-15(9-11-17)13-19(22(28)29-4)25-20(26)14-16-6-5-7-18(24)12-16/h5-12,19H,13-14H2,1-4H3,(H,25,26)/t19-/m1/s1. The Morgan fingerprint density at radius 1 is 1.03 bits per heavy atom. The molecule has 160 valence electrons. The Morgan fingerprint density at radius 2 is 1.70 bits per heavy atom. The molecule has 1 amide bonds. The first-order valence-electron chi connectivity index (χ1n) is 9.51. The van der Waals surface area contributed by atoms with Crippen LogP contribution in [0.5, 0.6) is 0 Å². The summed E-state index contributed by atoms with van der Waals surface area (Å²) in [5, 5.41) is 2.63. The molecule has 2 aromatic carbocycles. The summed E-state index contributed by atoms with van der Waals surface area (Å²) in [6.45, 7) is 5.35. The van der Waals surface area contributed by atoms with Gasteiger partial charge in [-0.15, -0.1) is 0 Å². The average Bonchev–Trinajstić information content (AvgIpc) is 2.66. The van der Waals surface area contributed by atoms with E-state index < -0.39 is 35.3 Å². The largest absolute Gasteiger partial charge is 0.467 e. The van der Waals surface area contributed by atoms with E-state index in [1.807, 2.05) is 0 Å². The zero-order valence-electron chi connectivity index (χ0n) is 17.5. The number of rotatable bonds is 7. The van der Waals surface area contributed by atoms with Crippen molar-refractivity contribution in [1.82, 2.24) is 5.32 Å². The third kappa shape index (κ3) is 7.31. The van der Waals surface area contributed by atoms with E-state index in [4.69, 9.17) is 9.47 Å². The number of hydrogen-bond donors (Lipinski definition) is 1. The summed E-state index contributed by atoms with van der Waals surface area (Å²) in [4.78, 5) is 36.5. The van der Waals surface area contributed by atoms with Gasteiger partial charge < -0.3 is 14.8 Å². The van der Waals surface area contributed by atoms with Gasteiger partial charge in [0.1, 0.15) is 17.5 Å². The normalized spacial score (nSPS) is 12.0. The summed E-state index contributed by atoms with van der Waals surface area (Å²) in [5.41, 5.74) is 1.01. The average molecular weight is 415 g/mol. The minimum atomic E-state index is -0.913. The van der Waals surface area contributed by atoms with Crippen LogP contribution in [0.25, 0.3) is 0 Å². The zero-order valence-corrected chi connectivity index (χ0v) is 17.5. The van der Waals surface area contributed by atoms with Crippen LogP contribution in [-0.4, -0.2) is 36.6 Å². The smallest absolute Gasteiger partial charge is 0.338 e. The fraction of sp³-hybridized carbons (Fsp3) is 0.348. The van der Waals surface area contributed by atoms with E-state index in [2.05, 4.69) is 5.32 Å². The Labute approximate surface area is 175 Å². The van der Waals surface area contributed by atoms with E-state index in [0.717, 1.165) is 5.56 Å². The molecule has 0 bridgehead atoms. The molecule has 30 heavy (non-hydrogen) atoms. The number of nitrogens with one attached hydrogen (secondary N) is 1. The number of benzene rings is 2. The topological polar surface area (TPSA) is 81.7 Å². The van der Waals surface area contributed by atoms with Gasteiger partial charge in [0.25, 0.3) is 0 Å². The summed E-state index contributed by atoms with van der Waals surface area (Å²) in [6.07, 6.45) is 0.110. The number of esters is 2. The molecule has 0 radical (unpaired) electrons. The van der Waals surface area contributed by atoms with Gasteiger partial charge in [-0.25, -0.2) is 14.0 Å². The third-order valence-corrected chi connectivity index (χ3v) is 4.10. The first kappa shape index (κ1) is 23.1. The molecule has 0 saturated carbocycles. The number of halogens is 1. The Bertz CT molecular complexity index is 903. The minimum absolute atomic E-state index is 0.0666. The maximum atomic E-state index is 13.3. The lowest BCUT2D eigenvalue weighted by Gasteiger charge is -2.20. The van der Waals surface area contributed by atoms with Crippen molar-refractivity contribution >= 4 is 17.8 Å². The second-order valence-corrected chi connectivity index (χ2v) is 7.85. The maximum absolute atomic E-state index is 13.3. The molecule has 0 heterocycles. The zero-order chi connectivity index (χ0) is 22.3. The second-order valence-electron chi connectivity index (χ2n) is 7.85. The summed E-state index contributed by atoms with van der Waals surface area (Å²) in [6, 6.07) is 11.4. The summed E-state index contributed by atoms with van der Waals surface area (Å²) in [7, 11) is 1.24. The lowest BCUT2D eigenvalue weighted by molar-refractivity contribution is -0.145. The summed E-state index contributed by atoms with van der Waals surface area (Å²) < 4.78 is 23.4. The van der Waals surface area contributed by atoms with Crippen molar-refractivity contribution in [2.24, 2.45) is 0 Å². The molecule has 1 atom stereocenters. The van der Waals surface area contributed by atoms with Gasteiger partial charge in [-0.2, -0.15) is 0 Å². The number of carbonyl (C=O) groups excluding carboxylic acids is 3. The first-order valence-corrected chi connectivity index (χ1v) is 9.51. The predicted molar refractivity (Wildman–Crippen MR) is 109 cm³/mol. The molecule has 2 aromatic rings. The van der Waals surface area contributed by atoms with Crippen molar-refractivity contribution in [3.63, 3.8) is 0 Å². The van der Waals surface area contributed by atoms with E-state index >= 15 is 0 Å². The SMILES string of the molecule is COC(=O)[C@@H](Cc1ccc(C(=O)OC(C)(C)C)cc1)NC(=O)Cc1cccc(F)c1. The lowest BCUT2D eigenvalue weighted by Crippen LogP contribution is -2.43. The molecule has 0 aliphatic heterocycles. The van der Waals surface area contributed by atoms with Crippen LogP contribution in [0.4, 0.5) is 4.39 Å². The highest BCUT2D eigenvalue weighted by atomic mass is 19.1. The highest BCUT2D eigenvalue weighted by molar-refractivity contribution is 5.89. The van der Waals surface area contributed by atoms with Gasteiger partial charge in [0.2, 0.25) is 5.91 Å². The number of methoxy groups -OCH3 is 1. The van der Waals surface area contributed by atoms with E-state index in [1.165, 1.54) is 25.3 Å². The van der Waals surface area contributed by atoms with E-state index in [0.29, 0.717) is 11.1 Å². The van der Waals surface area contributed by atoms with Crippen LogP contribution in [0.2, 0.25) is 0 Å². The van der Waals surface area contributed by atoms with Gasteiger partial charge in [0.05, 0.1) is 19.1 Å². The molecular weight excluding hydrogens is 389 g/mol. The monoisotopic (exact) mass is 415 g/mol. The van der Waals surface area contributed by atoms with Crippen molar-refractivity contribution < 1.29 is 28.2 Å². The Hall–Kier alpha value is -3.22. The number of hydrogen-bond acceptors (Lipinski definition) is 5. The number of carbonyl (C=O) groups is 3. The molecule has 0 saturated heterocycles. The van der Waals surface area contributed by atoms with Crippen LogP contribution < -0.4 is 5.32 Å². The van der Waals surface area contributed by atoms with Crippen LogP contribution in [-0.2, 0) is 31.9 Å². The van der Waals surface area contributed by atoms with Gasteiger partial charge in [-0.1, -0.05) is 24.3 Å². The third-order valence-electron chi connectivity index (χ3n) is 4.10. The molecule has 0 spiro atoms. The second kappa shape index (κ2) is 10.0. The van der Waals surface area contributed by atoms with Crippen LogP contribution in [0.3, 0.4) is 0 Å². The van der Waals surface area contributed by atoms with Crippen LogP contribution in [0.15, 0.2) is 48.5 Å². The van der Waals surface area contributed by atoms with E-state index in [-0.39, 0.29) is 12.8 Å². The first-order chi connectivity index (χ1) is 14.1. The van der Waals surface area contributed by atoms with Crippen molar-refractivity contribution in [2.75, 3.05) is 7.11 Å². The van der Waals surface area contributed by atoms with Gasteiger partial charge >= 0.3 is 11.9 Å².